The number of unbranched alkanes of at least 4 members (excludes halogenated alkanes) is 6. The fourth-order valence-corrected chi connectivity index (χ4v) is 0.707. The Morgan fingerprint density at radius 1 is 0.627 bits per heavy atom. The Kier molecular flexibility index (Phi) is 329. The summed E-state index contributed by atoms with van der Waals surface area (Å²) in [5, 5.41) is 18.7. The number of rotatable bonds is 6. The first-order valence-electron chi connectivity index (χ1n) is 16.8. The third kappa shape index (κ3) is 1050. The van der Waals surface area contributed by atoms with Crippen molar-refractivity contribution in [3.05, 3.63) is 33.7 Å². The maximum atomic E-state index is 10.1. The molecule has 8 heteroatoms. The third-order valence-electron chi connectivity index (χ3n) is 3.02. The Morgan fingerprint density at radius 3 is 0.725 bits per heavy atom. The molecule has 0 saturated carbocycles. The number of hydrogen-bond acceptors (Lipinski definition) is 5. The Balaban J connectivity index is -0.0000000165. The van der Waals surface area contributed by atoms with E-state index in [4.69, 9.17) is 21.1 Å². The molecule has 0 rings (SSSR count). The van der Waals surface area contributed by atoms with Gasteiger partial charge < -0.3 is 32.7 Å². The monoisotopic (exact) mass is 856 g/mol. The van der Waals surface area contributed by atoms with E-state index in [1.54, 1.807) is 41.5 Å². The summed E-state index contributed by atoms with van der Waals surface area (Å²) in [5.74, 6) is 9.77. The van der Waals surface area contributed by atoms with E-state index < -0.39 is 11.2 Å². The number of aliphatic hydroxyl groups is 1. The molecule has 306 valence electrons. The zero-order chi connectivity index (χ0) is 40.3. The molecule has 0 aliphatic rings. The van der Waals surface area contributed by atoms with Gasteiger partial charge in [-0.05, 0) is 48.5 Å². The third-order valence-corrected chi connectivity index (χ3v) is 3.02. The second-order valence-electron chi connectivity index (χ2n) is 9.78. The summed E-state index contributed by atoms with van der Waals surface area (Å²) in [5.41, 5.74) is -1.68. The molecule has 0 aliphatic heterocycles. The maximum absolute atomic E-state index is 10.1. The van der Waals surface area contributed by atoms with Gasteiger partial charge in [0.2, 0.25) is 0 Å². The van der Waals surface area contributed by atoms with Gasteiger partial charge >= 0.3 is 80.9 Å². The minimum atomic E-state index is -0.931. The molecule has 0 heterocycles. The number of terminal acetylenes is 2. The van der Waals surface area contributed by atoms with Crippen LogP contribution in [0.15, 0.2) is 26.3 Å². The van der Waals surface area contributed by atoms with Crippen molar-refractivity contribution in [2.24, 2.45) is 0 Å². The van der Waals surface area contributed by atoms with Gasteiger partial charge in [-0.25, -0.2) is 0 Å². The minimum Gasteiger partial charge on any atom is -0.870 e. The number of hydrogen-bond donors (Lipinski definition) is 1. The van der Waals surface area contributed by atoms with Crippen molar-refractivity contribution >= 4 is 12.6 Å². The molecule has 2 N–H and O–H groups in total. The number of carbonyl (C=O) groups excluding carboxylic acids is 2. The Morgan fingerprint density at radius 2 is 0.725 bits per heavy atom. The summed E-state index contributed by atoms with van der Waals surface area (Å²) in [6.45, 7) is 45.8. The van der Waals surface area contributed by atoms with Crippen LogP contribution in [-0.4, -0.2) is 34.4 Å². The van der Waals surface area contributed by atoms with E-state index in [9.17, 15) is 5.11 Å². The molecule has 0 aliphatic carbocycles. The SMILES string of the molecule is C#CC.C#CC(C)(C)O.C=C.C=C.CC#CC.CC(C)(C)[O-].CC=O.CC=O.CCCC.CCCC.CCCCC.CCCCC.[CH3-].[K+].[Na+].[OH-].[Pd]. The normalized spacial score (nSPS) is 6.31. The van der Waals surface area contributed by atoms with Crippen molar-refractivity contribution in [1.82, 2.24) is 0 Å². The summed E-state index contributed by atoms with van der Waals surface area (Å²) < 4.78 is 0. The second-order valence-corrected chi connectivity index (χ2v) is 9.78. The van der Waals surface area contributed by atoms with Crippen LogP contribution < -0.4 is 86.0 Å². The van der Waals surface area contributed by atoms with Gasteiger partial charge in [-0.15, -0.1) is 62.5 Å². The van der Waals surface area contributed by atoms with Crippen molar-refractivity contribution in [3.8, 4) is 36.5 Å². The molecule has 0 bridgehead atoms. The van der Waals surface area contributed by atoms with Crippen molar-refractivity contribution in [2.45, 2.75) is 200 Å². The van der Waals surface area contributed by atoms with E-state index >= 15 is 0 Å². The molecule has 0 aromatic carbocycles. The van der Waals surface area contributed by atoms with Crippen molar-refractivity contribution < 1.29 is 127 Å². The van der Waals surface area contributed by atoms with Crippen molar-refractivity contribution in [1.29, 1.82) is 0 Å². The summed E-state index contributed by atoms with van der Waals surface area (Å²) in [6, 6.07) is 0. The van der Waals surface area contributed by atoms with Gasteiger partial charge in [0, 0.05) is 20.4 Å². The first-order valence-corrected chi connectivity index (χ1v) is 16.8. The summed E-state index contributed by atoms with van der Waals surface area (Å²) in [7, 11) is 0. The first kappa shape index (κ1) is 110. The molecule has 0 amide bonds. The van der Waals surface area contributed by atoms with Crippen LogP contribution in [0.3, 0.4) is 0 Å². The summed E-state index contributed by atoms with van der Waals surface area (Å²) >= 11 is 0. The van der Waals surface area contributed by atoms with Gasteiger partial charge in [0.05, 0.1) is 0 Å². The predicted octanol–water partition coefficient (Wildman–Crippen LogP) is 6.50. The van der Waals surface area contributed by atoms with Crippen LogP contribution in [0.1, 0.15) is 189 Å². The fraction of sp³-hybridized carbons (Fsp3) is 0.698. The van der Waals surface area contributed by atoms with E-state index in [0.29, 0.717) is 0 Å². The minimum absolute atomic E-state index is 0. The Labute approximate surface area is 404 Å². The number of carbonyl (C=O) groups is 2. The summed E-state index contributed by atoms with van der Waals surface area (Å²) in [6.07, 6.45) is 24.3. The molecular weight excluding hydrogens is 765 g/mol. The predicted molar refractivity (Wildman–Crippen MR) is 224 cm³/mol. The molecule has 0 saturated heterocycles. The van der Waals surface area contributed by atoms with E-state index in [1.165, 1.54) is 78.1 Å². The van der Waals surface area contributed by atoms with Gasteiger partial charge in [-0.2, -0.15) is 0 Å². The average molecular weight is 857 g/mol. The van der Waals surface area contributed by atoms with Gasteiger partial charge in [-0.1, -0.05) is 146 Å². The zero-order valence-corrected chi connectivity index (χ0v) is 45.3. The van der Waals surface area contributed by atoms with E-state index in [-0.39, 0.29) is 114 Å². The molecule has 0 spiro atoms. The zero-order valence-electron chi connectivity index (χ0n) is 38.6. The average Bonchev–Trinajstić information content (AvgIpc) is 3.01. The molecule has 5 nitrogen and oxygen atoms in total. The van der Waals surface area contributed by atoms with Crippen LogP contribution in [0.5, 0.6) is 0 Å². The van der Waals surface area contributed by atoms with Gasteiger partial charge in [0.1, 0.15) is 18.2 Å². The van der Waals surface area contributed by atoms with Crippen molar-refractivity contribution in [3.63, 3.8) is 0 Å². The van der Waals surface area contributed by atoms with E-state index in [0.717, 1.165) is 12.6 Å². The molecule has 0 atom stereocenters. The van der Waals surface area contributed by atoms with Crippen LogP contribution in [0.25, 0.3) is 0 Å². The molecular formula is C43H91KNaO5Pd-. The second kappa shape index (κ2) is 152. The first-order chi connectivity index (χ1) is 21.4. The van der Waals surface area contributed by atoms with Crippen LogP contribution >= 0.6 is 0 Å². The van der Waals surface area contributed by atoms with Gasteiger partial charge in [0.15, 0.2) is 0 Å². The summed E-state index contributed by atoms with van der Waals surface area (Å²) in [4.78, 5) is 17.6. The topological polar surface area (TPSA) is 107 Å². The van der Waals surface area contributed by atoms with Gasteiger partial charge in [0.25, 0.3) is 0 Å². The van der Waals surface area contributed by atoms with Crippen LogP contribution in [0, 0.1) is 44.0 Å². The molecule has 0 aromatic rings. The quantitative estimate of drug-likeness (QED) is 0.108. The van der Waals surface area contributed by atoms with E-state index in [1.807, 2.05) is 13.8 Å². The number of aldehydes is 2. The fourth-order valence-electron chi connectivity index (χ4n) is 0.707. The van der Waals surface area contributed by atoms with E-state index in [2.05, 4.69) is 112 Å². The Bertz CT molecular complexity index is 529. The largest absolute Gasteiger partial charge is 1.00 e. The molecule has 0 unspecified atom stereocenters. The Hall–Kier alpha value is 0.679. The smallest absolute Gasteiger partial charge is 0.870 e. The van der Waals surface area contributed by atoms with Crippen LogP contribution in [0.2, 0.25) is 0 Å². The maximum Gasteiger partial charge on any atom is 1.00 e. The molecule has 0 fully saturated rings. The van der Waals surface area contributed by atoms with Gasteiger partial charge in [-0.3, -0.25) is 0 Å². The molecule has 0 aromatic heterocycles. The standard InChI is InChI=1S/C5H8O.2C5H12.C4H9O.2C4H10.C4H6.C3H4.2C2H4O.2C2H4.CH3.K.Na.H2O.Pd/c1-4-5(2,3)6;2*1-3-5-4-2;1-4(2,3)5;3*1-3-4-2;1-3-2;2*1-2-3;2*1-2;;;;;/h1,6H,2-3H3;2*3-5H2,1-2H3;1-3H3;2*3-4H2,1-2H3;1-2H3;1H,2H3;2*2H,1H3;2*1-2H2;1H3;;;1H2;/q;;;-1;;;;;;;;;-1;2*+1;;/p-1. The van der Waals surface area contributed by atoms with Crippen LogP contribution in [0.4, 0.5) is 0 Å². The van der Waals surface area contributed by atoms with Crippen molar-refractivity contribution in [2.75, 3.05) is 0 Å². The molecule has 51 heavy (non-hydrogen) atoms. The molecule has 0 radical (unpaired) electrons. The van der Waals surface area contributed by atoms with Crippen LogP contribution in [-0.2, 0) is 30.0 Å².